The number of hydrogen-bond donors (Lipinski definition) is 1. The number of thiophene rings is 1. The van der Waals surface area contributed by atoms with Crippen LogP contribution < -0.4 is 10.9 Å². The molecule has 0 fully saturated rings. The SMILES string of the molecule is CC(=O)c1cccc(NC(=O)[C@H](C)OC(=O)c2sc3nc4n(c(=O)c3c2C)CCC4)c1. The quantitative estimate of drug-likeness (QED) is 0.484. The molecule has 0 bridgehead atoms. The fourth-order valence-electron chi connectivity index (χ4n) is 3.60. The number of amides is 1. The Labute approximate surface area is 181 Å². The van der Waals surface area contributed by atoms with Crippen molar-refractivity contribution in [2.75, 3.05) is 5.32 Å². The molecule has 2 aromatic heterocycles. The molecule has 1 amide bonds. The number of carbonyl (C=O) groups is 3. The lowest BCUT2D eigenvalue weighted by Crippen LogP contribution is -2.30. The zero-order valence-corrected chi connectivity index (χ0v) is 18.2. The molecule has 1 aliphatic rings. The van der Waals surface area contributed by atoms with Gasteiger partial charge in [0, 0.05) is 24.2 Å². The Hall–Kier alpha value is -3.33. The molecule has 3 aromatic rings. The lowest BCUT2D eigenvalue weighted by Gasteiger charge is -2.13. The molecule has 0 saturated heterocycles. The summed E-state index contributed by atoms with van der Waals surface area (Å²) in [5, 5.41) is 3.07. The van der Waals surface area contributed by atoms with Crippen molar-refractivity contribution in [1.29, 1.82) is 0 Å². The van der Waals surface area contributed by atoms with Crippen molar-refractivity contribution in [2.45, 2.75) is 46.3 Å². The molecule has 1 aromatic carbocycles. The summed E-state index contributed by atoms with van der Waals surface area (Å²) in [6, 6.07) is 6.52. The van der Waals surface area contributed by atoms with Gasteiger partial charge in [0.05, 0.1) is 5.39 Å². The Morgan fingerprint density at radius 2 is 2.06 bits per heavy atom. The number of ketones is 1. The van der Waals surface area contributed by atoms with E-state index in [-0.39, 0.29) is 16.2 Å². The van der Waals surface area contributed by atoms with Gasteiger partial charge in [-0.3, -0.25) is 19.0 Å². The Bertz CT molecular complexity index is 1290. The molecule has 0 saturated carbocycles. The number of aryl methyl sites for hydroxylation is 2. The van der Waals surface area contributed by atoms with Crippen LogP contribution in [0.2, 0.25) is 0 Å². The number of nitrogens with zero attached hydrogens (tertiary/aromatic N) is 2. The highest BCUT2D eigenvalue weighted by molar-refractivity contribution is 7.20. The Morgan fingerprint density at radius 1 is 1.29 bits per heavy atom. The molecule has 1 N–H and O–H groups in total. The molecule has 0 radical (unpaired) electrons. The van der Waals surface area contributed by atoms with Crippen molar-refractivity contribution in [2.24, 2.45) is 0 Å². The first-order chi connectivity index (χ1) is 14.8. The Kier molecular flexibility index (Phi) is 5.45. The minimum Gasteiger partial charge on any atom is -0.448 e. The third kappa shape index (κ3) is 3.88. The molecular formula is C22H21N3O5S. The zero-order chi connectivity index (χ0) is 22.3. The summed E-state index contributed by atoms with van der Waals surface area (Å²) in [6.45, 7) is 5.23. The van der Waals surface area contributed by atoms with Gasteiger partial charge >= 0.3 is 5.97 Å². The maximum Gasteiger partial charge on any atom is 0.349 e. The molecule has 0 spiro atoms. The maximum atomic E-state index is 12.8. The first-order valence-corrected chi connectivity index (χ1v) is 10.7. The summed E-state index contributed by atoms with van der Waals surface area (Å²) < 4.78 is 7.01. The average Bonchev–Trinajstić information content (AvgIpc) is 3.33. The molecule has 3 heterocycles. The van der Waals surface area contributed by atoms with Crippen molar-refractivity contribution in [1.82, 2.24) is 9.55 Å². The summed E-state index contributed by atoms with van der Waals surface area (Å²) in [7, 11) is 0. The molecule has 31 heavy (non-hydrogen) atoms. The van der Waals surface area contributed by atoms with Gasteiger partial charge in [-0.15, -0.1) is 11.3 Å². The largest absolute Gasteiger partial charge is 0.448 e. The van der Waals surface area contributed by atoms with Gasteiger partial charge in [-0.05, 0) is 44.9 Å². The van der Waals surface area contributed by atoms with Crippen LogP contribution in [0.15, 0.2) is 29.1 Å². The van der Waals surface area contributed by atoms with Gasteiger partial charge in [0.1, 0.15) is 15.5 Å². The van der Waals surface area contributed by atoms with Crippen molar-refractivity contribution < 1.29 is 19.1 Å². The van der Waals surface area contributed by atoms with Crippen molar-refractivity contribution in [3.63, 3.8) is 0 Å². The molecule has 9 heteroatoms. The van der Waals surface area contributed by atoms with Crippen LogP contribution in [0, 0.1) is 6.92 Å². The number of benzene rings is 1. The highest BCUT2D eigenvalue weighted by atomic mass is 32.1. The number of nitrogens with one attached hydrogen (secondary N) is 1. The van der Waals surface area contributed by atoms with Gasteiger partial charge in [0.25, 0.3) is 11.5 Å². The standard InChI is InChI=1S/C22H21N3O5S/c1-11-17-20(24-16-8-5-9-25(16)21(17)28)31-18(11)22(29)30-13(3)19(27)23-15-7-4-6-14(10-15)12(2)26/h4,6-7,10,13H,5,8-9H2,1-3H3,(H,23,27)/t13-/m0/s1. The van der Waals surface area contributed by atoms with E-state index < -0.39 is 18.0 Å². The van der Waals surface area contributed by atoms with E-state index in [1.807, 2.05) is 0 Å². The summed E-state index contributed by atoms with van der Waals surface area (Å²) in [4.78, 5) is 54.8. The molecule has 4 rings (SSSR count). The van der Waals surface area contributed by atoms with Gasteiger partial charge in [-0.25, -0.2) is 9.78 Å². The van der Waals surface area contributed by atoms with Gasteiger partial charge in [-0.1, -0.05) is 12.1 Å². The summed E-state index contributed by atoms with van der Waals surface area (Å²) >= 11 is 1.11. The number of carbonyl (C=O) groups excluding carboxylic acids is 3. The highest BCUT2D eigenvalue weighted by Gasteiger charge is 2.26. The molecule has 1 atom stereocenters. The molecule has 160 valence electrons. The number of aromatic nitrogens is 2. The molecular weight excluding hydrogens is 418 g/mol. The number of fused-ring (bicyclic) bond motifs is 2. The van der Waals surface area contributed by atoms with E-state index in [0.29, 0.717) is 33.6 Å². The Balaban J connectivity index is 1.52. The predicted octanol–water partition coefficient (Wildman–Crippen LogP) is 3.10. The van der Waals surface area contributed by atoms with Crippen molar-refractivity contribution in [3.05, 3.63) is 56.4 Å². The van der Waals surface area contributed by atoms with E-state index in [2.05, 4.69) is 10.3 Å². The fraction of sp³-hybridized carbons (Fsp3) is 0.318. The molecule has 1 aliphatic heterocycles. The van der Waals surface area contributed by atoms with Crippen molar-refractivity contribution in [3.8, 4) is 0 Å². The van der Waals surface area contributed by atoms with E-state index in [0.717, 1.165) is 30.0 Å². The van der Waals surface area contributed by atoms with Crippen LogP contribution in [0.5, 0.6) is 0 Å². The second-order valence-electron chi connectivity index (χ2n) is 7.50. The third-order valence-corrected chi connectivity index (χ3v) is 6.45. The minimum atomic E-state index is -1.07. The molecule has 8 nitrogen and oxygen atoms in total. The number of Topliss-reactive ketones (excluding diaryl/α,β-unsaturated/α-hetero) is 1. The normalized spacial score (nSPS) is 13.6. The Morgan fingerprint density at radius 3 is 2.81 bits per heavy atom. The van der Waals surface area contributed by atoms with Gasteiger partial charge in [-0.2, -0.15) is 0 Å². The van der Waals surface area contributed by atoms with Gasteiger partial charge < -0.3 is 10.1 Å². The van der Waals surface area contributed by atoms with Crippen LogP contribution in [0.3, 0.4) is 0 Å². The number of hydrogen-bond acceptors (Lipinski definition) is 7. The van der Waals surface area contributed by atoms with E-state index in [1.54, 1.807) is 35.8 Å². The van der Waals surface area contributed by atoms with Crippen LogP contribution >= 0.6 is 11.3 Å². The molecule has 0 aliphatic carbocycles. The monoisotopic (exact) mass is 439 g/mol. The van der Waals surface area contributed by atoms with E-state index >= 15 is 0 Å². The zero-order valence-electron chi connectivity index (χ0n) is 17.4. The van der Waals surface area contributed by atoms with Gasteiger partial charge in [0.15, 0.2) is 11.9 Å². The lowest BCUT2D eigenvalue weighted by atomic mass is 10.1. The summed E-state index contributed by atoms with van der Waals surface area (Å²) in [6.07, 6.45) is 0.552. The van der Waals surface area contributed by atoms with Crippen molar-refractivity contribution >= 4 is 44.9 Å². The fourth-order valence-corrected chi connectivity index (χ4v) is 4.67. The maximum absolute atomic E-state index is 12.8. The number of rotatable bonds is 5. The van der Waals surface area contributed by atoms with E-state index in [4.69, 9.17) is 4.74 Å². The third-order valence-electron chi connectivity index (χ3n) is 5.29. The topological polar surface area (TPSA) is 107 Å². The number of ether oxygens (including phenoxy) is 1. The number of esters is 1. The summed E-state index contributed by atoms with van der Waals surface area (Å²) in [5.41, 5.74) is 1.28. The first kappa shape index (κ1) is 20.9. The van der Waals surface area contributed by atoms with Crippen LogP contribution in [0.4, 0.5) is 5.69 Å². The van der Waals surface area contributed by atoms with E-state index in [1.165, 1.54) is 13.8 Å². The minimum absolute atomic E-state index is 0.119. The van der Waals surface area contributed by atoms with Gasteiger partial charge in [0.2, 0.25) is 0 Å². The predicted molar refractivity (Wildman–Crippen MR) is 117 cm³/mol. The average molecular weight is 439 g/mol. The van der Waals surface area contributed by atoms with Crippen LogP contribution in [0.1, 0.15) is 51.7 Å². The second kappa shape index (κ2) is 8.07. The van der Waals surface area contributed by atoms with Crippen LogP contribution in [0.25, 0.3) is 10.2 Å². The molecule has 0 unspecified atom stereocenters. The highest BCUT2D eigenvalue weighted by Crippen LogP contribution is 2.29. The van der Waals surface area contributed by atoms with Crippen LogP contribution in [-0.2, 0) is 22.5 Å². The number of anilines is 1. The van der Waals surface area contributed by atoms with E-state index in [9.17, 15) is 19.2 Å². The van der Waals surface area contributed by atoms with Crippen LogP contribution in [-0.4, -0.2) is 33.3 Å². The smallest absolute Gasteiger partial charge is 0.349 e. The lowest BCUT2D eigenvalue weighted by molar-refractivity contribution is -0.123. The summed E-state index contributed by atoms with van der Waals surface area (Å²) in [5.74, 6) is -0.583. The second-order valence-corrected chi connectivity index (χ2v) is 8.50. The first-order valence-electron chi connectivity index (χ1n) is 9.92.